The van der Waals surface area contributed by atoms with E-state index in [2.05, 4.69) is 23.1 Å². The summed E-state index contributed by atoms with van der Waals surface area (Å²) >= 11 is 0. The van der Waals surface area contributed by atoms with Crippen LogP contribution in [-0.2, 0) is 12.8 Å². The van der Waals surface area contributed by atoms with Crippen LogP contribution in [0.1, 0.15) is 24.0 Å². The molecule has 1 heterocycles. The molecule has 0 radical (unpaired) electrons. The van der Waals surface area contributed by atoms with E-state index in [4.69, 9.17) is 9.84 Å². The van der Waals surface area contributed by atoms with Crippen LogP contribution in [0.4, 0.5) is 0 Å². The molecule has 1 aliphatic carbocycles. The smallest absolute Gasteiger partial charge is 0.122 e. The standard InChI is InChI=1S/C15H21NO2/c17-9-8-16(14-2-3-14)7-5-12-1-4-15-13(11-12)6-10-18-15/h1,4,11,14,17H,2-3,5-10H2. The van der Waals surface area contributed by atoms with Gasteiger partial charge >= 0.3 is 0 Å². The Kier molecular flexibility index (Phi) is 3.52. The first-order valence-corrected chi connectivity index (χ1v) is 6.96. The molecule has 0 atom stereocenters. The average Bonchev–Trinajstić information content (AvgIpc) is 3.12. The van der Waals surface area contributed by atoms with Gasteiger partial charge in [-0.3, -0.25) is 4.90 Å². The molecule has 0 spiro atoms. The Bertz CT molecular complexity index is 415. The predicted octanol–water partition coefficient (Wildman–Crippen LogP) is 1.62. The van der Waals surface area contributed by atoms with Gasteiger partial charge in [-0.25, -0.2) is 0 Å². The van der Waals surface area contributed by atoms with Gasteiger partial charge in [0.05, 0.1) is 13.2 Å². The van der Waals surface area contributed by atoms with Gasteiger partial charge in [0.2, 0.25) is 0 Å². The van der Waals surface area contributed by atoms with E-state index in [1.165, 1.54) is 24.0 Å². The predicted molar refractivity (Wildman–Crippen MR) is 71.0 cm³/mol. The lowest BCUT2D eigenvalue weighted by molar-refractivity contribution is 0.190. The van der Waals surface area contributed by atoms with Gasteiger partial charge < -0.3 is 9.84 Å². The largest absolute Gasteiger partial charge is 0.493 e. The van der Waals surface area contributed by atoms with Crippen LogP contribution in [0.3, 0.4) is 0 Å². The first kappa shape index (κ1) is 12.0. The zero-order valence-corrected chi connectivity index (χ0v) is 10.8. The molecule has 3 heteroatoms. The average molecular weight is 247 g/mol. The molecule has 2 aliphatic rings. The number of ether oxygens (including phenoxy) is 1. The minimum atomic E-state index is 0.272. The van der Waals surface area contributed by atoms with Crippen LogP contribution in [0.5, 0.6) is 5.75 Å². The first-order chi connectivity index (χ1) is 8.86. The van der Waals surface area contributed by atoms with Crippen LogP contribution >= 0.6 is 0 Å². The maximum absolute atomic E-state index is 9.08. The van der Waals surface area contributed by atoms with Crippen molar-refractivity contribution in [2.24, 2.45) is 0 Å². The number of fused-ring (bicyclic) bond motifs is 1. The number of nitrogens with zero attached hydrogens (tertiary/aromatic N) is 1. The second kappa shape index (κ2) is 5.29. The molecule has 0 aromatic heterocycles. The zero-order chi connectivity index (χ0) is 12.4. The number of aliphatic hydroxyl groups is 1. The summed E-state index contributed by atoms with van der Waals surface area (Å²) in [5, 5.41) is 9.08. The number of hydrogen-bond acceptors (Lipinski definition) is 3. The third-order valence-electron chi connectivity index (χ3n) is 3.89. The van der Waals surface area contributed by atoms with Crippen LogP contribution in [0.25, 0.3) is 0 Å². The van der Waals surface area contributed by atoms with Gasteiger partial charge in [0, 0.05) is 25.6 Å². The van der Waals surface area contributed by atoms with Gasteiger partial charge in [0.1, 0.15) is 5.75 Å². The topological polar surface area (TPSA) is 32.7 Å². The van der Waals surface area contributed by atoms with Gasteiger partial charge in [-0.2, -0.15) is 0 Å². The zero-order valence-electron chi connectivity index (χ0n) is 10.8. The minimum absolute atomic E-state index is 0.272. The highest BCUT2D eigenvalue weighted by molar-refractivity contribution is 5.39. The number of rotatable bonds is 6. The van der Waals surface area contributed by atoms with E-state index < -0.39 is 0 Å². The highest BCUT2D eigenvalue weighted by Crippen LogP contribution is 2.28. The molecule has 1 aliphatic heterocycles. The summed E-state index contributed by atoms with van der Waals surface area (Å²) in [5.74, 6) is 1.06. The summed E-state index contributed by atoms with van der Waals surface area (Å²) in [6.07, 6.45) is 4.73. The fourth-order valence-electron chi connectivity index (χ4n) is 2.71. The molecule has 1 saturated carbocycles. The molecule has 0 saturated heterocycles. The number of aliphatic hydroxyl groups excluding tert-OH is 1. The molecule has 1 aromatic carbocycles. The van der Waals surface area contributed by atoms with Crippen molar-refractivity contribution < 1.29 is 9.84 Å². The highest BCUT2D eigenvalue weighted by atomic mass is 16.5. The quantitative estimate of drug-likeness (QED) is 0.829. The minimum Gasteiger partial charge on any atom is -0.493 e. The fourth-order valence-corrected chi connectivity index (χ4v) is 2.71. The molecule has 3 nitrogen and oxygen atoms in total. The van der Waals surface area contributed by atoms with Crippen molar-refractivity contribution in [3.8, 4) is 5.75 Å². The van der Waals surface area contributed by atoms with Gasteiger partial charge in [0.15, 0.2) is 0 Å². The number of benzene rings is 1. The summed E-state index contributed by atoms with van der Waals surface area (Å²) < 4.78 is 5.52. The monoisotopic (exact) mass is 247 g/mol. The van der Waals surface area contributed by atoms with Gasteiger partial charge in [0.25, 0.3) is 0 Å². The Balaban J connectivity index is 1.58. The molecule has 0 unspecified atom stereocenters. The summed E-state index contributed by atoms with van der Waals surface area (Å²) in [4.78, 5) is 2.42. The molecular formula is C15H21NO2. The van der Waals surface area contributed by atoms with Crippen molar-refractivity contribution in [2.45, 2.75) is 31.7 Å². The van der Waals surface area contributed by atoms with E-state index in [9.17, 15) is 0 Å². The Labute approximate surface area is 108 Å². The van der Waals surface area contributed by atoms with Crippen molar-refractivity contribution in [3.05, 3.63) is 29.3 Å². The van der Waals surface area contributed by atoms with Crippen LogP contribution in [0.15, 0.2) is 18.2 Å². The Morgan fingerprint density at radius 1 is 1.28 bits per heavy atom. The Morgan fingerprint density at radius 2 is 2.17 bits per heavy atom. The second-order valence-electron chi connectivity index (χ2n) is 5.28. The van der Waals surface area contributed by atoms with Gasteiger partial charge in [-0.15, -0.1) is 0 Å². The van der Waals surface area contributed by atoms with E-state index in [0.717, 1.165) is 44.3 Å². The molecule has 3 rings (SSSR count). The molecule has 1 aromatic rings. The third kappa shape index (κ3) is 2.68. The van der Waals surface area contributed by atoms with Crippen molar-refractivity contribution in [2.75, 3.05) is 26.3 Å². The van der Waals surface area contributed by atoms with Crippen molar-refractivity contribution >= 4 is 0 Å². The summed E-state index contributed by atoms with van der Waals surface area (Å²) in [5.41, 5.74) is 2.75. The van der Waals surface area contributed by atoms with Crippen LogP contribution in [0, 0.1) is 0 Å². The SMILES string of the molecule is OCCN(CCc1ccc2c(c1)CCO2)C1CC1. The molecule has 1 N–H and O–H groups in total. The highest BCUT2D eigenvalue weighted by Gasteiger charge is 2.28. The van der Waals surface area contributed by atoms with E-state index in [1.807, 2.05) is 0 Å². The lowest BCUT2D eigenvalue weighted by Gasteiger charge is -2.20. The van der Waals surface area contributed by atoms with E-state index in [-0.39, 0.29) is 6.61 Å². The summed E-state index contributed by atoms with van der Waals surface area (Å²) in [7, 11) is 0. The van der Waals surface area contributed by atoms with Crippen molar-refractivity contribution in [1.82, 2.24) is 4.90 Å². The van der Waals surface area contributed by atoms with Crippen molar-refractivity contribution in [3.63, 3.8) is 0 Å². The second-order valence-corrected chi connectivity index (χ2v) is 5.28. The first-order valence-electron chi connectivity index (χ1n) is 6.96. The maximum atomic E-state index is 9.08. The van der Waals surface area contributed by atoms with Gasteiger partial charge in [-0.1, -0.05) is 12.1 Å². The summed E-state index contributed by atoms with van der Waals surface area (Å²) in [6, 6.07) is 7.29. The molecular weight excluding hydrogens is 226 g/mol. The van der Waals surface area contributed by atoms with Crippen LogP contribution in [0.2, 0.25) is 0 Å². The Hall–Kier alpha value is -1.06. The van der Waals surface area contributed by atoms with E-state index in [1.54, 1.807) is 0 Å². The molecule has 1 fully saturated rings. The Morgan fingerprint density at radius 3 is 2.94 bits per heavy atom. The van der Waals surface area contributed by atoms with E-state index in [0.29, 0.717) is 0 Å². The fraction of sp³-hybridized carbons (Fsp3) is 0.600. The molecule has 0 bridgehead atoms. The van der Waals surface area contributed by atoms with Crippen LogP contribution in [-0.4, -0.2) is 42.4 Å². The summed E-state index contributed by atoms with van der Waals surface area (Å²) in [6.45, 7) is 2.98. The lowest BCUT2D eigenvalue weighted by Crippen LogP contribution is -2.31. The molecule has 0 amide bonds. The maximum Gasteiger partial charge on any atom is 0.122 e. The normalized spacial score (nSPS) is 17.9. The van der Waals surface area contributed by atoms with Gasteiger partial charge in [-0.05, 0) is 36.5 Å². The lowest BCUT2D eigenvalue weighted by atomic mass is 10.1. The third-order valence-corrected chi connectivity index (χ3v) is 3.89. The number of hydrogen-bond donors (Lipinski definition) is 1. The molecule has 18 heavy (non-hydrogen) atoms. The van der Waals surface area contributed by atoms with Crippen LogP contribution < -0.4 is 4.74 Å². The van der Waals surface area contributed by atoms with E-state index >= 15 is 0 Å². The molecule has 98 valence electrons. The van der Waals surface area contributed by atoms with Crippen molar-refractivity contribution in [1.29, 1.82) is 0 Å².